The molecule has 0 aromatic heterocycles. The van der Waals surface area contributed by atoms with Crippen molar-refractivity contribution in [3.8, 4) is 0 Å². The maximum atomic E-state index is 8.52. The molecule has 0 amide bonds. The molecule has 2 N–H and O–H groups in total. The van der Waals surface area contributed by atoms with Crippen molar-refractivity contribution in [2.24, 2.45) is 0 Å². The van der Waals surface area contributed by atoms with Gasteiger partial charge in [0.05, 0.1) is 0 Å². The Bertz CT molecular complexity index is 69.4. The summed E-state index contributed by atoms with van der Waals surface area (Å²) in [5.74, 6) is 0. The zero-order valence-corrected chi connectivity index (χ0v) is 6.43. The Balaban J connectivity index is 3.39. The van der Waals surface area contributed by atoms with E-state index in [2.05, 4.69) is 5.32 Å². The summed E-state index contributed by atoms with van der Waals surface area (Å²) >= 11 is 15.6. The van der Waals surface area contributed by atoms with E-state index in [-0.39, 0.29) is 0 Å². The van der Waals surface area contributed by atoms with E-state index >= 15 is 0 Å². The lowest BCUT2D eigenvalue weighted by molar-refractivity contribution is 0.156. The molecule has 1 atom stereocenters. The van der Waals surface area contributed by atoms with Gasteiger partial charge in [0.25, 0.3) is 0 Å². The molecule has 0 aromatic rings. The van der Waals surface area contributed by atoms with Crippen LogP contribution in [0.2, 0.25) is 0 Å². The largest absolute Gasteiger partial charge is 0.379 e. The zero-order chi connectivity index (χ0) is 6.78. The standard InChI is InChI=1S/C3H6Cl3NO/c1-2(8)7-3(4,5)6/h2,7-8H,1H3. The molecule has 0 aliphatic carbocycles. The Hall–Kier alpha value is 0.790. The molecule has 8 heavy (non-hydrogen) atoms. The first-order valence-electron chi connectivity index (χ1n) is 1.94. The molecule has 2 nitrogen and oxygen atoms in total. The number of hydrogen-bond donors (Lipinski definition) is 2. The first-order chi connectivity index (χ1) is 3.42. The average Bonchev–Trinajstić information content (AvgIpc) is 1.21. The van der Waals surface area contributed by atoms with Crippen LogP contribution in [0.25, 0.3) is 0 Å². The van der Waals surface area contributed by atoms with Crippen LogP contribution in [-0.2, 0) is 0 Å². The number of nitrogens with one attached hydrogen (secondary N) is 1. The van der Waals surface area contributed by atoms with Gasteiger partial charge < -0.3 is 5.11 Å². The van der Waals surface area contributed by atoms with Crippen molar-refractivity contribution in [3.05, 3.63) is 0 Å². The molecule has 0 saturated carbocycles. The molecule has 0 aliphatic heterocycles. The summed E-state index contributed by atoms with van der Waals surface area (Å²) in [6.45, 7) is 1.46. The van der Waals surface area contributed by atoms with Gasteiger partial charge in [-0.1, -0.05) is 34.8 Å². The second-order valence-electron chi connectivity index (χ2n) is 1.32. The van der Waals surface area contributed by atoms with Gasteiger partial charge in [-0.25, -0.2) is 5.32 Å². The van der Waals surface area contributed by atoms with Gasteiger partial charge in [-0.2, -0.15) is 0 Å². The van der Waals surface area contributed by atoms with E-state index in [1.807, 2.05) is 0 Å². The fourth-order valence-corrected chi connectivity index (χ4v) is 0.711. The van der Waals surface area contributed by atoms with Crippen molar-refractivity contribution in [3.63, 3.8) is 0 Å². The molecule has 0 bridgehead atoms. The molecular weight excluding hydrogens is 172 g/mol. The van der Waals surface area contributed by atoms with E-state index in [4.69, 9.17) is 39.9 Å². The van der Waals surface area contributed by atoms with E-state index in [0.29, 0.717) is 0 Å². The summed E-state index contributed by atoms with van der Waals surface area (Å²) in [5.41, 5.74) is 0. The predicted molar refractivity (Wildman–Crippen MR) is 35.1 cm³/mol. The van der Waals surface area contributed by atoms with Crippen molar-refractivity contribution < 1.29 is 5.11 Å². The van der Waals surface area contributed by atoms with Crippen LogP contribution in [0.5, 0.6) is 0 Å². The lowest BCUT2D eigenvalue weighted by atomic mass is 10.7. The number of aliphatic hydroxyl groups excluding tert-OH is 1. The minimum Gasteiger partial charge on any atom is -0.379 e. The smallest absolute Gasteiger partial charge is 0.247 e. The number of alkyl halides is 3. The maximum absolute atomic E-state index is 8.52. The van der Waals surface area contributed by atoms with Crippen LogP contribution >= 0.6 is 34.8 Å². The van der Waals surface area contributed by atoms with Crippen LogP contribution in [-0.4, -0.2) is 15.3 Å². The Morgan fingerprint density at radius 1 is 1.50 bits per heavy atom. The van der Waals surface area contributed by atoms with Crippen LogP contribution in [0.1, 0.15) is 6.92 Å². The topological polar surface area (TPSA) is 32.3 Å². The molecule has 0 heterocycles. The molecule has 50 valence electrons. The lowest BCUT2D eigenvalue weighted by Crippen LogP contribution is -2.35. The molecule has 0 aliphatic rings. The number of hydrogen-bond acceptors (Lipinski definition) is 2. The van der Waals surface area contributed by atoms with Crippen molar-refractivity contribution >= 4 is 34.8 Å². The van der Waals surface area contributed by atoms with E-state index in [0.717, 1.165) is 0 Å². The second-order valence-corrected chi connectivity index (χ2v) is 3.60. The molecule has 0 spiro atoms. The van der Waals surface area contributed by atoms with Crippen molar-refractivity contribution in [2.45, 2.75) is 17.1 Å². The Morgan fingerprint density at radius 2 is 1.88 bits per heavy atom. The van der Waals surface area contributed by atoms with Gasteiger partial charge in [-0.15, -0.1) is 0 Å². The lowest BCUT2D eigenvalue weighted by Gasteiger charge is -2.14. The molecular formula is C3H6Cl3NO. The van der Waals surface area contributed by atoms with E-state index < -0.39 is 10.1 Å². The van der Waals surface area contributed by atoms with Crippen molar-refractivity contribution in [2.75, 3.05) is 0 Å². The first-order valence-corrected chi connectivity index (χ1v) is 3.08. The molecule has 1 unspecified atom stereocenters. The summed E-state index contributed by atoms with van der Waals surface area (Å²) < 4.78 is -1.56. The van der Waals surface area contributed by atoms with E-state index in [9.17, 15) is 0 Å². The van der Waals surface area contributed by atoms with Crippen LogP contribution in [0, 0.1) is 0 Å². The molecule has 0 aromatic carbocycles. The van der Waals surface area contributed by atoms with E-state index in [1.165, 1.54) is 6.92 Å². The summed E-state index contributed by atoms with van der Waals surface area (Å²) in [4.78, 5) is 0. The highest BCUT2D eigenvalue weighted by Crippen LogP contribution is 2.21. The van der Waals surface area contributed by atoms with Gasteiger partial charge in [0, 0.05) is 0 Å². The zero-order valence-electron chi connectivity index (χ0n) is 4.16. The minimum absolute atomic E-state index is 0.803. The van der Waals surface area contributed by atoms with Gasteiger partial charge in [-0.05, 0) is 6.92 Å². The third-order valence-electron chi connectivity index (χ3n) is 0.373. The summed E-state index contributed by atoms with van der Waals surface area (Å²) in [5, 5.41) is 10.8. The number of halogens is 3. The van der Waals surface area contributed by atoms with Gasteiger partial charge >= 0.3 is 0 Å². The van der Waals surface area contributed by atoms with Gasteiger partial charge in [0.2, 0.25) is 3.92 Å². The highest BCUT2D eigenvalue weighted by Gasteiger charge is 2.19. The third kappa shape index (κ3) is 6.79. The van der Waals surface area contributed by atoms with E-state index in [1.54, 1.807) is 0 Å². The van der Waals surface area contributed by atoms with Crippen molar-refractivity contribution in [1.82, 2.24) is 5.32 Å². The highest BCUT2D eigenvalue weighted by molar-refractivity contribution is 6.67. The summed E-state index contributed by atoms with van der Waals surface area (Å²) in [6.07, 6.45) is -0.803. The van der Waals surface area contributed by atoms with Gasteiger partial charge in [0.15, 0.2) is 0 Å². The number of rotatable bonds is 1. The number of aliphatic hydroxyl groups is 1. The van der Waals surface area contributed by atoms with Gasteiger partial charge in [0.1, 0.15) is 6.23 Å². The summed E-state index contributed by atoms with van der Waals surface area (Å²) in [6, 6.07) is 0. The Morgan fingerprint density at radius 3 is 1.88 bits per heavy atom. The molecule has 0 saturated heterocycles. The van der Waals surface area contributed by atoms with Gasteiger partial charge in [-0.3, -0.25) is 0 Å². The molecule has 0 fully saturated rings. The minimum atomic E-state index is -1.56. The molecule has 5 heteroatoms. The molecule has 0 radical (unpaired) electrons. The fourth-order valence-electron chi connectivity index (χ4n) is 0.237. The van der Waals surface area contributed by atoms with Crippen LogP contribution in [0.4, 0.5) is 0 Å². The van der Waals surface area contributed by atoms with Crippen molar-refractivity contribution in [1.29, 1.82) is 0 Å². The van der Waals surface area contributed by atoms with Crippen LogP contribution in [0.3, 0.4) is 0 Å². The quantitative estimate of drug-likeness (QED) is 0.360. The molecule has 0 rings (SSSR count). The SMILES string of the molecule is CC(O)NC(Cl)(Cl)Cl. The van der Waals surface area contributed by atoms with Crippen LogP contribution in [0.15, 0.2) is 0 Å². The maximum Gasteiger partial charge on any atom is 0.247 e. The second kappa shape index (κ2) is 3.08. The fraction of sp³-hybridized carbons (Fsp3) is 1.00. The average molecular weight is 178 g/mol. The summed E-state index contributed by atoms with van der Waals surface area (Å²) in [7, 11) is 0. The normalized spacial score (nSPS) is 16.1. The highest BCUT2D eigenvalue weighted by atomic mass is 35.6. The monoisotopic (exact) mass is 177 g/mol. The van der Waals surface area contributed by atoms with Crippen LogP contribution < -0.4 is 5.32 Å². The third-order valence-corrected chi connectivity index (χ3v) is 0.700. The Kier molecular flexibility index (Phi) is 3.39. The predicted octanol–water partition coefficient (Wildman–Crippen LogP) is 1.24. The first kappa shape index (κ1) is 8.79. The Labute approximate surface area is 62.7 Å².